The van der Waals surface area contributed by atoms with Crippen LogP contribution in [-0.4, -0.2) is 69.1 Å². The van der Waals surface area contributed by atoms with Crippen LogP contribution in [0.2, 0.25) is 0 Å². The van der Waals surface area contributed by atoms with Crippen molar-refractivity contribution in [2.45, 2.75) is 24.9 Å². The summed E-state index contributed by atoms with van der Waals surface area (Å²) in [6.07, 6.45) is -1.36. The predicted octanol–water partition coefficient (Wildman–Crippen LogP) is -2.09. The Morgan fingerprint density at radius 2 is 2.32 bits per heavy atom. The number of esters is 1. The number of nitrogens with two attached hydrogens (primary N) is 1. The van der Waals surface area contributed by atoms with E-state index < -0.39 is 51.2 Å². The van der Waals surface area contributed by atoms with Crippen molar-refractivity contribution in [2.24, 2.45) is 5.73 Å². The first-order chi connectivity index (χ1) is 11.7. The smallest absolute Gasteiger partial charge is 0.403 e. The summed E-state index contributed by atoms with van der Waals surface area (Å²) >= 11 is 0. The Hall–Kier alpha value is -1.89. The molecule has 4 atom stereocenters. The third-order valence-corrected chi connectivity index (χ3v) is 4.35. The molecule has 2 heterocycles. The van der Waals surface area contributed by atoms with Crippen molar-refractivity contribution >= 4 is 19.6 Å². The van der Waals surface area contributed by atoms with Crippen molar-refractivity contribution in [3.63, 3.8) is 0 Å². The number of aromatic nitrogens is 3. The quantitative estimate of drug-likeness (QED) is 0.286. The van der Waals surface area contributed by atoms with Crippen LogP contribution in [-0.2, 0) is 23.4 Å². The monoisotopic (exact) mass is 379 g/mol. The number of aliphatic hydroxyl groups is 1. The second-order valence-corrected chi connectivity index (χ2v) is 6.69. The summed E-state index contributed by atoms with van der Waals surface area (Å²) in [5.74, 6) is -1.76. The number of ether oxygens (including phenoxy) is 2. The van der Waals surface area contributed by atoms with Crippen molar-refractivity contribution in [2.75, 3.05) is 20.3 Å². The molecule has 1 unspecified atom stereocenters. The van der Waals surface area contributed by atoms with Crippen LogP contribution in [0.15, 0.2) is 6.33 Å². The lowest BCUT2D eigenvalue weighted by molar-refractivity contribution is -0.139. The Kier molecular flexibility index (Phi) is 6.21. The van der Waals surface area contributed by atoms with Gasteiger partial charge in [-0.1, -0.05) is 0 Å². The number of carbonyl (C=O) groups is 2. The zero-order valence-corrected chi connectivity index (χ0v) is 14.0. The van der Waals surface area contributed by atoms with Gasteiger partial charge in [0.25, 0.3) is 5.91 Å². The minimum Gasteiger partial charge on any atom is -0.468 e. The first-order valence-corrected chi connectivity index (χ1v) is 8.63. The topological polar surface area (TPSA) is 188 Å². The highest BCUT2D eigenvalue weighted by atomic mass is 31.2. The first kappa shape index (κ1) is 19.4. The van der Waals surface area contributed by atoms with Crippen LogP contribution in [0.5, 0.6) is 0 Å². The highest BCUT2D eigenvalue weighted by molar-refractivity contribution is 7.50. The van der Waals surface area contributed by atoms with Gasteiger partial charge < -0.3 is 25.2 Å². The average Bonchev–Trinajstić information content (AvgIpc) is 3.17. The average molecular weight is 379 g/mol. The molecule has 25 heavy (non-hydrogen) atoms. The number of rotatable bonds is 8. The minimum atomic E-state index is -4.28. The van der Waals surface area contributed by atoms with Gasteiger partial charge in [0.1, 0.15) is 19.0 Å². The van der Waals surface area contributed by atoms with Crippen molar-refractivity contribution in [3.05, 3.63) is 12.2 Å². The molecule has 0 spiro atoms. The zero-order chi connectivity index (χ0) is 18.6. The van der Waals surface area contributed by atoms with Gasteiger partial charge in [0.05, 0.1) is 19.8 Å². The van der Waals surface area contributed by atoms with E-state index in [1.807, 2.05) is 5.09 Å². The molecule has 14 heteroatoms. The number of primary amides is 1. The SMILES string of the molecule is COC(=O)CNP(=O)(O)OC[C@H]1O[C@@H](n2cnc(C(N)=O)n2)C[C@@H]1O. The Bertz CT molecular complexity index is 681. The Balaban J connectivity index is 1.87. The van der Waals surface area contributed by atoms with Gasteiger partial charge in [-0.15, -0.1) is 5.10 Å². The van der Waals surface area contributed by atoms with Crippen LogP contribution in [0.1, 0.15) is 23.3 Å². The first-order valence-electron chi connectivity index (χ1n) is 7.05. The second-order valence-electron chi connectivity index (χ2n) is 5.07. The number of methoxy groups -OCH3 is 1. The normalized spacial score (nSPS) is 25.5. The summed E-state index contributed by atoms with van der Waals surface area (Å²) < 4.78 is 27.5. The molecule has 1 saturated heterocycles. The fraction of sp³-hybridized carbons (Fsp3) is 0.636. The van der Waals surface area contributed by atoms with E-state index in [1.54, 1.807) is 0 Å². The van der Waals surface area contributed by atoms with Crippen LogP contribution in [0.25, 0.3) is 0 Å². The van der Waals surface area contributed by atoms with Crippen molar-refractivity contribution in [1.82, 2.24) is 19.9 Å². The largest absolute Gasteiger partial charge is 0.468 e. The van der Waals surface area contributed by atoms with Crippen LogP contribution in [0.3, 0.4) is 0 Å². The maximum Gasteiger partial charge on any atom is 0.403 e. The van der Waals surface area contributed by atoms with Crippen LogP contribution >= 0.6 is 7.75 Å². The van der Waals surface area contributed by atoms with E-state index in [0.29, 0.717) is 0 Å². The van der Waals surface area contributed by atoms with Gasteiger partial charge in [-0.3, -0.25) is 14.1 Å². The lowest BCUT2D eigenvalue weighted by atomic mass is 10.2. The van der Waals surface area contributed by atoms with Gasteiger partial charge in [-0.25, -0.2) is 19.3 Å². The molecule has 1 aromatic rings. The fourth-order valence-electron chi connectivity index (χ4n) is 2.01. The molecular formula is C11H18N5O8P. The molecule has 0 aliphatic carbocycles. The summed E-state index contributed by atoms with van der Waals surface area (Å²) in [7, 11) is -3.15. The molecule has 140 valence electrons. The van der Waals surface area contributed by atoms with Gasteiger partial charge in [0, 0.05) is 6.42 Å². The van der Waals surface area contributed by atoms with Gasteiger partial charge in [-0.2, -0.15) is 0 Å². The molecule has 0 bridgehead atoms. The van der Waals surface area contributed by atoms with E-state index in [9.17, 15) is 24.2 Å². The summed E-state index contributed by atoms with van der Waals surface area (Å²) in [5, 5.41) is 15.8. The van der Waals surface area contributed by atoms with Crippen molar-refractivity contribution in [3.8, 4) is 0 Å². The maximum atomic E-state index is 11.7. The Morgan fingerprint density at radius 3 is 2.92 bits per heavy atom. The number of hydrogen-bond acceptors (Lipinski definition) is 9. The summed E-state index contributed by atoms with van der Waals surface area (Å²) in [6.45, 7) is -0.938. The van der Waals surface area contributed by atoms with Crippen LogP contribution < -0.4 is 10.8 Å². The lowest BCUT2D eigenvalue weighted by Crippen LogP contribution is -2.28. The van der Waals surface area contributed by atoms with Gasteiger partial charge >= 0.3 is 13.7 Å². The molecule has 0 saturated carbocycles. The summed E-state index contributed by atoms with van der Waals surface area (Å²) in [4.78, 5) is 35.2. The van der Waals surface area contributed by atoms with Gasteiger partial charge in [-0.05, 0) is 0 Å². The molecule has 2 rings (SSSR count). The van der Waals surface area contributed by atoms with E-state index >= 15 is 0 Å². The summed E-state index contributed by atoms with van der Waals surface area (Å²) in [6, 6.07) is 0. The third-order valence-electron chi connectivity index (χ3n) is 3.29. The molecular weight excluding hydrogens is 361 g/mol. The molecule has 1 aliphatic rings. The summed E-state index contributed by atoms with van der Waals surface area (Å²) in [5.41, 5.74) is 5.05. The van der Waals surface area contributed by atoms with Crippen LogP contribution in [0.4, 0.5) is 0 Å². The fourth-order valence-corrected chi connectivity index (χ4v) is 2.78. The van der Waals surface area contributed by atoms with E-state index in [-0.39, 0.29) is 12.2 Å². The number of hydrogen-bond donors (Lipinski definition) is 4. The third kappa shape index (κ3) is 5.29. The van der Waals surface area contributed by atoms with Crippen molar-refractivity contribution < 1.29 is 38.2 Å². The van der Waals surface area contributed by atoms with E-state index in [0.717, 1.165) is 7.11 Å². The highest BCUT2D eigenvalue weighted by Crippen LogP contribution is 2.38. The van der Waals surface area contributed by atoms with Gasteiger partial charge in [0.2, 0.25) is 5.82 Å². The number of carbonyl (C=O) groups excluding carboxylic acids is 2. The Labute approximate surface area is 141 Å². The molecule has 1 aromatic heterocycles. The van der Waals surface area contributed by atoms with E-state index in [1.165, 1.54) is 11.0 Å². The van der Waals surface area contributed by atoms with Crippen LogP contribution in [0, 0.1) is 0 Å². The molecule has 1 fully saturated rings. The maximum absolute atomic E-state index is 11.7. The molecule has 5 N–H and O–H groups in total. The number of nitrogens with zero attached hydrogens (tertiary/aromatic N) is 3. The molecule has 0 aromatic carbocycles. The zero-order valence-electron chi connectivity index (χ0n) is 13.1. The van der Waals surface area contributed by atoms with E-state index in [2.05, 4.69) is 14.8 Å². The number of aliphatic hydroxyl groups excluding tert-OH is 1. The number of amides is 1. The Morgan fingerprint density at radius 1 is 1.60 bits per heavy atom. The van der Waals surface area contributed by atoms with Crippen molar-refractivity contribution in [1.29, 1.82) is 0 Å². The number of nitrogens with one attached hydrogen (secondary N) is 1. The van der Waals surface area contributed by atoms with E-state index in [4.69, 9.17) is 15.0 Å². The lowest BCUT2D eigenvalue weighted by Gasteiger charge is -2.18. The molecule has 1 amide bonds. The minimum absolute atomic E-state index is 0.0981. The second kappa shape index (κ2) is 7.99. The molecule has 13 nitrogen and oxygen atoms in total. The molecule has 1 aliphatic heterocycles. The standard InChI is InChI=1S/C11H18N5O8P/c1-22-9(18)3-14-25(20,21)23-4-7-6(17)2-8(24-7)16-5-13-11(15-16)10(12)19/h5-8,17H,2-4H2,1H3,(H2,12,19)(H2,14,20,21)/t6-,7+,8+/m0/s1. The predicted molar refractivity (Wildman–Crippen MR) is 78.9 cm³/mol. The van der Waals surface area contributed by atoms with Gasteiger partial charge in [0.15, 0.2) is 6.23 Å². The highest BCUT2D eigenvalue weighted by Gasteiger charge is 2.37. The molecule has 0 radical (unpaired) electrons.